The van der Waals surface area contributed by atoms with Gasteiger partial charge in [-0.1, -0.05) is 25.1 Å². The largest absolute Gasteiger partial charge is 0.481 e. The van der Waals surface area contributed by atoms with Crippen molar-refractivity contribution in [2.24, 2.45) is 0 Å². The molecule has 3 nitrogen and oxygen atoms in total. The minimum Gasteiger partial charge on any atom is -0.481 e. The molecule has 0 aliphatic heterocycles. The summed E-state index contributed by atoms with van der Waals surface area (Å²) in [4.78, 5) is 13.6. The number of carbonyl (C=O) groups is 1. The Bertz CT molecular complexity index is 665. The van der Waals surface area contributed by atoms with Crippen LogP contribution in [0.4, 0.5) is 5.69 Å². The lowest BCUT2D eigenvalue weighted by molar-refractivity contribution is -0.122. The number of ether oxygens (including phenoxy) is 1. The number of anilines is 1. The topological polar surface area (TPSA) is 38.3 Å². The van der Waals surface area contributed by atoms with Crippen molar-refractivity contribution in [3.63, 3.8) is 0 Å². The molecule has 0 aliphatic rings. The molecule has 1 atom stereocenters. The zero-order valence-electron chi connectivity index (χ0n) is 14.1. The van der Waals surface area contributed by atoms with Gasteiger partial charge in [0.2, 0.25) is 0 Å². The molecule has 2 aromatic carbocycles. The minimum atomic E-state index is -0.508. The molecular weight excluding hydrogens is 306 g/mol. The van der Waals surface area contributed by atoms with E-state index in [9.17, 15) is 4.79 Å². The SMILES string of the molecule is CCC(Oc1cc(C)cc(C)c1)C(=O)Nc1ccccc1SC. The number of hydrogen-bond donors (Lipinski definition) is 1. The summed E-state index contributed by atoms with van der Waals surface area (Å²) in [5.74, 6) is 0.621. The molecular formula is C19H23NO2S. The zero-order chi connectivity index (χ0) is 16.8. The summed E-state index contributed by atoms with van der Waals surface area (Å²) in [5, 5.41) is 2.98. The van der Waals surface area contributed by atoms with Gasteiger partial charge in [-0.05, 0) is 61.9 Å². The number of para-hydroxylation sites is 1. The van der Waals surface area contributed by atoms with Gasteiger partial charge in [0, 0.05) is 4.90 Å². The summed E-state index contributed by atoms with van der Waals surface area (Å²) in [6, 6.07) is 13.8. The first kappa shape index (κ1) is 17.4. The summed E-state index contributed by atoms with van der Waals surface area (Å²) in [6.07, 6.45) is 2.10. The van der Waals surface area contributed by atoms with Crippen LogP contribution < -0.4 is 10.1 Å². The van der Waals surface area contributed by atoms with Crippen LogP contribution in [0.5, 0.6) is 5.75 Å². The second-order valence-electron chi connectivity index (χ2n) is 5.53. The number of hydrogen-bond acceptors (Lipinski definition) is 3. The number of nitrogens with one attached hydrogen (secondary N) is 1. The highest BCUT2D eigenvalue weighted by Gasteiger charge is 2.19. The van der Waals surface area contributed by atoms with Gasteiger partial charge in [-0.25, -0.2) is 0 Å². The summed E-state index contributed by atoms with van der Waals surface area (Å²) in [6.45, 7) is 6.00. The average Bonchev–Trinajstić information content (AvgIpc) is 2.52. The highest BCUT2D eigenvalue weighted by atomic mass is 32.2. The Hall–Kier alpha value is -1.94. The molecule has 0 saturated heterocycles. The van der Waals surface area contributed by atoms with Crippen LogP contribution in [0, 0.1) is 13.8 Å². The maximum atomic E-state index is 12.5. The summed E-state index contributed by atoms with van der Waals surface area (Å²) >= 11 is 1.61. The third kappa shape index (κ3) is 4.76. The van der Waals surface area contributed by atoms with Gasteiger partial charge in [0.1, 0.15) is 5.75 Å². The predicted molar refractivity (Wildman–Crippen MR) is 97.5 cm³/mol. The normalized spacial score (nSPS) is 11.8. The monoisotopic (exact) mass is 329 g/mol. The second kappa shape index (κ2) is 8.06. The highest BCUT2D eigenvalue weighted by Crippen LogP contribution is 2.25. The molecule has 2 aromatic rings. The van der Waals surface area contributed by atoms with E-state index < -0.39 is 6.10 Å². The molecule has 0 spiro atoms. The van der Waals surface area contributed by atoms with E-state index in [4.69, 9.17) is 4.74 Å². The van der Waals surface area contributed by atoms with Crippen LogP contribution in [0.15, 0.2) is 47.4 Å². The Labute approximate surface area is 142 Å². The molecule has 2 rings (SSSR count). The third-order valence-electron chi connectivity index (χ3n) is 3.50. The minimum absolute atomic E-state index is 0.117. The highest BCUT2D eigenvalue weighted by molar-refractivity contribution is 7.98. The average molecular weight is 329 g/mol. The Morgan fingerprint density at radius 1 is 1.17 bits per heavy atom. The number of benzene rings is 2. The van der Waals surface area contributed by atoms with Gasteiger partial charge in [0.25, 0.3) is 5.91 Å². The van der Waals surface area contributed by atoms with E-state index in [-0.39, 0.29) is 5.91 Å². The lowest BCUT2D eigenvalue weighted by atomic mass is 10.1. The summed E-state index contributed by atoms with van der Waals surface area (Å²) < 4.78 is 5.91. The van der Waals surface area contributed by atoms with Crippen LogP contribution in [0.2, 0.25) is 0 Å². The second-order valence-corrected chi connectivity index (χ2v) is 6.38. The van der Waals surface area contributed by atoms with Crippen molar-refractivity contribution in [3.05, 3.63) is 53.6 Å². The maximum absolute atomic E-state index is 12.5. The molecule has 1 unspecified atom stereocenters. The Morgan fingerprint density at radius 3 is 2.43 bits per heavy atom. The van der Waals surface area contributed by atoms with E-state index in [1.54, 1.807) is 11.8 Å². The van der Waals surface area contributed by atoms with E-state index in [1.165, 1.54) is 0 Å². The summed E-state index contributed by atoms with van der Waals surface area (Å²) in [7, 11) is 0. The van der Waals surface area contributed by atoms with Crippen molar-refractivity contribution in [2.75, 3.05) is 11.6 Å². The van der Waals surface area contributed by atoms with E-state index >= 15 is 0 Å². The fourth-order valence-electron chi connectivity index (χ4n) is 2.45. The van der Waals surface area contributed by atoms with Crippen LogP contribution in [-0.2, 0) is 4.79 Å². The number of carbonyl (C=O) groups excluding carboxylic acids is 1. The lowest BCUT2D eigenvalue weighted by Gasteiger charge is -2.19. The Morgan fingerprint density at radius 2 is 1.83 bits per heavy atom. The first-order chi connectivity index (χ1) is 11.0. The van der Waals surface area contributed by atoms with Gasteiger partial charge in [-0.2, -0.15) is 0 Å². The van der Waals surface area contributed by atoms with Crippen LogP contribution in [0.25, 0.3) is 0 Å². The van der Waals surface area contributed by atoms with E-state index in [1.807, 2.05) is 63.4 Å². The Balaban J connectivity index is 2.12. The quantitative estimate of drug-likeness (QED) is 0.772. The molecule has 0 fully saturated rings. The maximum Gasteiger partial charge on any atom is 0.265 e. The molecule has 0 saturated carbocycles. The fourth-order valence-corrected chi connectivity index (χ4v) is 3.00. The van der Waals surface area contributed by atoms with Crippen molar-refractivity contribution in [3.8, 4) is 5.75 Å². The molecule has 0 heterocycles. The van der Waals surface area contributed by atoms with E-state index in [2.05, 4.69) is 11.4 Å². The van der Waals surface area contributed by atoms with Gasteiger partial charge in [0.15, 0.2) is 6.10 Å². The van der Waals surface area contributed by atoms with Crippen LogP contribution >= 0.6 is 11.8 Å². The van der Waals surface area contributed by atoms with Gasteiger partial charge in [-0.3, -0.25) is 4.79 Å². The van der Waals surface area contributed by atoms with Crippen molar-refractivity contribution in [2.45, 2.75) is 38.2 Å². The molecule has 1 N–H and O–H groups in total. The third-order valence-corrected chi connectivity index (χ3v) is 4.30. The van der Waals surface area contributed by atoms with Gasteiger partial charge in [-0.15, -0.1) is 11.8 Å². The number of thioether (sulfide) groups is 1. The number of aryl methyl sites for hydroxylation is 2. The van der Waals surface area contributed by atoms with Crippen molar-refractivity contribution in [1.29, 1.82) is 0 Å². The molecule has 122 valence electrons. The van der Waals surface area contributed by atoms with Crippen molar-refractivity contribution in [1.82, 2.24) is 0 Å². The molecule has 23 heavy (non-hydrogen) atoms. The lowest BCUT2D eigenvalue weighted by Crippen LogP contribution is -2.32. The zero-order valence-corrected chi connectivity index (χ0v) is 14.9. The fraction of sp³-hybridized carbons (Fsp3) is 0.316. The molecule has 1 amide bonds. The number of rotatable bonds is 6. The first-order valence-corrected chi connectivity index (χ1v) is 8.94. The Kier molecular flexibility index (Phi) is 6.11. The van der Waals surface area contributed by atoms with Crippen LogP contribution in [0.3, 0.4) is 0 Å². The van der Waals surface area contributed by atoms with E-state index in [0.717, 1.165) is 27.5 Å². The molecule has 0 radical (unpaired) electrons. The van der Waals surface area contributed by atoms with Gasteiger partial charge >= 0.3 is 0 Å². The number of amides is 1. The summed E-state index contributed by atoms with van der Waals surface area (Å²) in [5.41, 5.74) is 3.08. The first-order valence-electron chi connectivity index (χ1n) is 7.72. The molecule has 4 heteroatoms. The van der Waals surface area contributed by atoms with Crippen LogP contribution in [0.1, 0.15) is 24.5 Å². The van der Waals surface area contributed by atoms with Crippen LogP contribution in [-0.4, -0.2) is 18.3 Å². The predicted octanol–water partition coefficient (Wildman–Crippen LogP) is 4.82. The van der Waals surface area contributed by atoms with Crippen molar-refractivity contribution >= 4 is 23.4 Å². The van der Waals surface area contributed by atoms with Crippen molar-refractivity contribution < 1.29 is 9.53 Å². The van der Waals surface area contributed by atoms with Gasteiger partial charge < -0.3 is 10.1 Å². The van der Waals surface area contributed by atoms with Gasteiger partial charge in [0.05, 0.1) is 5.69 Å². The standard InChI is InChI=1S/C19H23NO2S/c1-5-17(22-15-11-13(2)10-14(3)12-15)19(21)20-16-8-6-7-9-18(16)23-4/h6-12,17H,5H2,1-4H3,(H,20,21). The van der Waals surface area contributed by atoms with E-state index in [0.29, 0.717) is 6.42 Å². The molecule has 0 aliphatic carbocycles. The smallest absolute Gasteiger partial charge is 0.265 e. The molecule has 0 bridgehead atoms. The molecule has 0 aromatic heterocycles.